The number of nitro benzene ring substituents is 1. The Morgan fingerprint density at radius 1 is 1.06 bits per heavy atom. The van der Waals surface area contributed by atoms with Crippen molar-refractivity contribution in [3.8, 4) is 11.4 Å². The molecule has 0 saturated carbocycles. The largest absolute Gasteiger partial charge is 0.466 e. The quantitative estimate of drug-likeness (QED) is 0.364. The fourth-order valence-corrected chi connectivity index (χ4v) is 4.14. The van der Waals surface area contributed by atoms with Crippen LogP contribution >= 0.6 is 11.8 Å². The van der Waals surface area contributed by atoms with Crippen LogP contribution in [-0.2, 0) is 0 Å². The van der Waals surface area contributed by atoms with Gasteiger partial charge in [0.25, 0.3) is 11.6 Å². The molecule has 1 N–H and O–H groups in total. The maximum absolute atomic E-state index is 12.4. The van der Waals surface area contributed by atoms with E-state index in [1.807, 2.05) is 30.3 Å². The summed E-state index contributed by atoms with van der Waals surface area (Å²) in [7, 11) is 0. The van der Waals surface area contributed by atoms with Crippen LogP contribution in [0.5, 0.6) is 5.75 Å². The van der Waals surface area contributed by atoms with Crippen molar-refractivity contribution < 1.29 is 14.5 Å². The predicted octanol–water partition coefficient (Wildman–Crippen LogP) is 3.54. The maximum atomic E-state index is 12.4. The molecule has 0 saturated heterocycles. The molecule has 1 aliphatic heterocycles. The molecule has 0 aliphatic carbocycles. The number of nitrogens with one attached hydrogen (secondary N) is 1. The van der Waals surface area contributed by atoms with Gasteiger partial charge in [0.15, 0.2) is 6.23 Å². The van der Waals surface area contributed by atoms with Crippen LogP contribution in [0, 0.1) is 10.1 Å². The second-order valence-electron chi connectivity index (χ2n) is 6.76. The van der Waals surface area contributed by atoms with Crippen LogP contribution in [-0.4, -0.2) is 31.0 Å². The van der Waals surface area contributed by atoms with Gasteiger partial charge in [0.2, 0.25) is 5.16 Å². The number of benzene rings is 3. The summed E-state index contributed by atoms with van der Waals surface area (Å²) in [5, 5.41) is 26.6. The molecule has 11 heteroatoms. The third kappa shape index (κ3) is 3.65. The molecule has 158 valence electrons. The summed E-state index contributed by atoms with van der Waals surface area (Å²) >= 11 is 1.07. The van der Waals surface area contributed by atoms with Crippen LogP contribution in [0.15, 0.2) is 82.8 Å². The average molecular weight is 446 g/mol. The third-order valence-electron chi connectivity index (χ3n) is 4.76. The molecular formula is C21H14N6O4S. The topological polar surface area (TPSA) is 125 Å². The summed E-state index contributed by atoms with van der Waals surface area (Å²) in [5.41, 5.74) is 1.45. The standard InChI is InChI=1S/C21H14N6O4S/c28-19-15-8-4-5-9-17(15)31-20(22-19)13-10-11-18(16(12-13)27(29)30)32-21-23-24-25-26(21)14-6-2-1-3-7-14/h1-12,20H,(H,22,28). The fourth-order valence-electron chi connectivity index (χ4n) is 3.26. The number of hydrogen-bond donors (Lipinski definition) is 1. The molecule has 0 fully saturated rings. The number of fused-ring (bicyclic) bond motifs is 1. The smallest absolute Gasteiger partial charge is 0.283 e. The Kier molecular flexibility index (Phi) is 5.00. The second kappa shape index (κ2) is 8.12. The molecule has 0 spiro atoms. The van der Waals surface area contributed by atoms with Crippen molar-refractivity contribution >= 4 is 23.4 Å². The van der Waals surface area contributed by atoms with Crippen LogP contribution in [0.3, 0.4) is 0 Å². The molecule has 4 aromatic rings. The zero-order valence-electron chi connectivity index (χ0n) is 16.3. The Labute approximate surface area is 185 Å². The lowest BCUT2D eigenvalue weighted by Crippen LogP contribution is -2.36. The van der Waals surface area contributed by atoms with Crippen LogP contribution in [0.4, 0.5) is 5.69 Å². The first kappa shape index (κ1) is 19.7. The molecule has 1 aromatic heterocycles. The van der Waals surface area contributed by atoms with Gasteiger partial charge in [-0.2, -0.15) is 4.68 Å². The van der Waals surface area contributed by atoms with E-state index in [2.05, 4.69) is 20.8 Å². The molecule has 1 amide bonds. The van der Waals surface area contributed by atoms with Crippen molar-refractivity contribution in [1.82, 2.24) is 25.5 Å². The number of carbonyl (C=O) groups excluding carboxylic acids is 1. The molecule has 3 aromatic carbocycles. The van der Waals surface area contributed by atoms with Gasteiger partial charge in [0, 0.05) is 11.6 Å². The normalized spacial score (nSPS) is 14.9. The van der Waals surface area contributed by atoms with Crippen LogP contribution in [0.1, 0.15) is 22.1 Å². The van der Waals surface area contributed by atoms with Crippen molar-refractivity contribution in [2.75, 3.05) is 0 Å². The number of rotatable bonds is 5. The number of aromatic nitrogens is 4. The summed E-state index contributed by atoms with van der Waals surface area (Å²) in [6.45, 7) is 0. The van der Waals surface area contributed by atoms with E-state index < -0.39 is 11.2 Å². The van der Waals surface area contributed by atoms with E-state index in [-0.39, 0.29) is 11.6 Å². The second-order valence-corrected chi connectivity index (χ2v) is 7.77. The zero-order valence-corrected chi connectivity index (χ0v) is 17.1. The first-order valence-electron chi connectivity index (χ1n) is 9.47. The molecule has 1 aliphatic rings. The molecule has 0 bridgehead atoms. The van der Waals surface area contributed by atoms with Gasteiger partial charge in [0.1, 0.15) is 5.75 Å². The summed E-state index contributed by atoms with van der Waals surface area (Å²) in [4.78, 5) is 24.1. The highest BCUT2D eigenvalue weighted by Gasteiger charge is 2.28. The summed E-state index contributed by atoms with van der Waals surface area (Å²) in [6.07, 6.45) is -0.843. The lowest BCUT2D eigenvalue weighted by atomic mass is 10.1. The van der Waals surface area contributed by atoms with Crippen molar-refractivity contribution in [2.24, 2.45) is 0 Å². The zero-order chi connectivity index (χ0) is 22.1. The van der Waals surface area contributed by atoms with Gasteiger partial charge >= 0.3 is 0 Å². The van der Waals surface area contributed by atoms with Gasteiger partial charge in [-0.1, -0.05) is 36.4 Å². The number of nitrogens with zero attached hydrogens (tertiary/aromatic N) is 5. The summed E-state index contributed by atoms with van der Waals surface area (Å²) in [5.74, 6) is 0.115. The Hall–Kier alpha value is -4.25. The molecule has 1 atom stereocenters. The van der Waals surface area contributed by atoms with Gasteiger partial charge in [0.05, 0.1) is 21.1 Å². The van der Waals surface area contributed by atoms with E-state index in [0.29, 0.717) is 26.9 Å². The van der Waals surface area contributed by atoms with Gasteiger partial charge in [-0.3, -0.25) is 14.9 Å². The molecule has 2 heterocycles. The first-order chi connectivity index (χ1) is 15.6. The van der Waals surface area contributed by atoms with E-state index in [1.165, 1.54) is 10.7 Å². The van der Waals surface area contributed by atoms with Crippen molar-refractivity contribution in [3.05, 3.63) is 94.0 Å². The molecule has 32 heavy (non-hydrogen) atoms. The summed E-state index contributed by atoms with van der Waals surface area (Å²) < 4.78 is 7.35. The SMILES string of the molecule is O=C1NC(c2ccc(Sc3nnnn3-c3ccccc3)c([N+](=O)[O-])c2)Oc2ccccc21. The highest BCUT2D eigenvalue weighted by atomic mass is 32.2. The van der Waals surface area contributed by atoms with Gasteiger partial charge < -0.3 is 10.1 Å². The van der Waals surface area contributed by atoms with Crippen LogP contribution in [0.25, 0.3) is 5.69 Å². The molecule has 1 unspecified atom stereocenters. The van der Waals surface area contributed by atoms with Crippen LogP contribution in [0.2, 0.25) is 0 Å². The number of para-hydroxylation sites is 2. The maximum Gasteiger partial charge on any atom is 0.283 e. The number of hydrogen-bond acceptors (Lipinski definition) is 8. The summed E-state index contributed by atoms with van der Waals surface area (Å²) in [6, 6.07) is 20.7. The average Bonchev–Trinajstić information content (AvgIpc) is 3.28. The number of nitro groups is 1. The molecule has 0 radical (unpaired) electrons. The van der Waals surface area contributed by atoms with Crippen molar-refractivity contribution in [1.29, 1.82) is 0 Å². The van der Waals surface area contributed by atoms with Crippen molar-refractivity contribution in [3.63, 3.8) is 0 Å². The number of amides is 1. The first-order valence-corrected chi connectivity index (χ1v) is 10.3. The number of tetrazole rings is 1. The molecule has 5 rings (SSSR count). The monoisotopic (exact) mass is 446 g/mol. The Morgan fingerprint density at radius 3 is 2.66 bits per heavy atom. The van der Waals surface area contributed by atoms with E-state index >= 15 is 0 Å². The lowest BCUT2D eigenvalue weighted by Gasteiger charge is -2.26. The number of ether oxygens (including phenoxy) is 1. The minimum Gasteiger partial charge on any atom is -0.466 e. The van der Waals surface area contributed by atoms with Crippen LogP contribution < -0.4 is 10.1 Å². The minimum absolute atomic E-state index is 0.146. The Morgan fingerprint density at radius 2 is 1.84 bits per heavy atom. The van der Waals surface area contributed by atoms with E-state index in [9.17, 15) is 14.9 Å². The highest BCUT2D eigenvalue weighted by molar-refractivity contribution is 7.99. The lowest BCUT2D eigenvalue weighted by molar-refractivity contribution is -0.387. The third-order valence-corrected chi connectivity index (χ3v) is 5.77. The molecular weight excluding hydrogens is 432 g/mol. The minimum atomic E-state index is -0.843. The van der Waals surface area contributed by atoms with E-state index in [0.717, 1.165) is 17.4 Å². The highest BCUT2D eigenvalue weighted by Crippen LogP contribution is 2.37. The van der Waals surface area contributed by atoms with Gasteiger partial charge in [-0.15, -0.1) is 5.10 Å². The molecule has 10 nitrogen and oxygen atoms in total. The van der Waals surface area contributed by atoms with E-state index in [4.69, 9.17) is 4.74 Å². The number of carbonyl (C=O) groups is 1. The predicted molar refractivity (Wildman–Crippen MR) is 114 cm³/mol. The van der Waals surface area contributed by atoms with Gasteiger partial charge in [-0.25, -0.2) is 0 Å². The van der Waals surface area contributed by atoms with Gasteiger partial charge in [-0.05, 0) is 52.5 Å². The Bertz CT molecular complexity index is 1330. The van der Waals surface area contributed by atoms with Crippen molar-refractivity contribution in [2.45, 2.75) is 16.3 Å². The van der Waals surface area contributed by atoms with E-state index in [1.54, 1.807) is 36.4 Å². The Balaban J connectivity index is 1.46. The fraction of sp³-hybridized carbons (Fsp3) is 0.0476.